The summed E-state index contributed by atoms with van der Waals surface area (Å²) in [4.78, 5) is 31.1. The van der Waals surface area contributed by atoms with Crippen LogP contribution >= 0.6 is 11.8 Å². The molecular formula is C17H20N4O2S. The summed E-state index contributed by atoms with van der Waals surface area (Å²) in [6.07, 6.45) is 1.01. The van der Waals surface area contributed by atoms with E-state index >= 15 is 0 Å². The molecule has 0 saturated heterocycles. The van der Waals surface area contributed by atoms with Crippen molar-refractivity contribution >= 4 is 22.9 Å². The molecule has 2 aromatic heterocycles. The Balaban J connectivity index is 2.21. The summed E-state index contributed by atoms with van der Waals surface area (Å²) in [5.74, 6) is 0.906. The maximum atomic E-state index is 12.4. The second-order valence-electron chi connectivity index (χ2n) is 5.81. The maximum absolute atomic E-state index is 12.4. The lowest BCUT2D eigenvalue weighted by Gasteiger charge is -2.09. The second-order valence-corrected chi connectivity index (χ2v) is 6.87. The molecule has 0 amide bonds. The molecule has 2 heterocycles. The number of benzene rings is 1. The van der Waals surface area contributed by atoms with Crippen molar-refractivity contribution in [2.75, 3.05) is 5.75 Å². The number of rotatable bonds is 5. The van der Waals surface area contributed by atoms with E-state index in [1.54, 1.807) is 18.8 Å². The zero-order chi connectivity index (χ0) is 17.3. The summed E-state index contributed by atoms with van der Waals surface area (Å²) in [5, 5.41) is 0.764. The van der Waals surface area contributed by atoms with E-state index in [9.17, 15) is 9.59 Å². The van der Waals surface area contributed by atoms with Crippen molar-refractivity contribution in [1.29, 1.82) is 0 Å². The first-order chi connectivity index (χ1) is 11.5. The van der Waals surface area contributed by atoms with Gasteiger partial charge in [-0.25, -0.2) is 9.78 Å². The molecule has 0 radical (unpaired) electrons. The van der Waals surface area contributed by atoms with Gasteiger partial charge in [-0.1, -0.05) is 48.5 Å². The molecule has 0 saturated carbocycles. The first-order valence-electron chi connectivity index (χ1n) is 7.89. The molecule has 0 spiro atoms. The third-order valence-corrected chi connectivity index (χ3v) is 5.01. The standard InChI is InChI=1S/C17H20N4O2S/c1-4-8-24-17-18-14-13(15(22)19-16(23)20(14)3)21(17)10-12-7-5-6-11(2)9-12/h5-7,9H,4,8,10H2,1-3H3,(H,19,22,23). The first-order valence-corrected chi connectivity index (χ1v) is 8.87. The molecule has 3 rings (SSSR count). The Morgan fingerprint density at radius 3 is 2.79 bits per heavy atom. The van der Waals surface area contributed by atoms with Gasteiger partial charge < -0.3 is 4.57 Å². The molecule has 6 nitrogen and oxygen atoms in total. The number of fused-ring (bicyclic) bond motifs is 1. The van der Waals surface area contributed by atoms with Crippen molar-refractivity contribution in [2.45, 2.75) is 32.0 Å². The van der Waals surface area contributed by atoms with Crippen LogP contribution in [0.25, 0.3) is 11.2 Å². The normalized spacial score (nSPS) is 11.3. The summed E-state index contributed by atoms with van der Waals surface area (Å²) < 4.78 is 3.29. The molecule has 0 bridgehead atoms. The Morgan fingerprint density at radius 2 is 2.08 bits per heavy atom. The van der Waals surface area contributed by atoms with E-state index < -0.39 is 11.2 Å². The number of aryl methyl sites for hydroxylation is 2. The quantitative estimate of drug-likeness (QED) is 0.721. The second kappa shape index (κ2) is 6.68. The zero-order valence-electron chi connectivity index (χ0n) is 14.0. The van der Waals surface area contributed by atoms with Crippen molar-refractivity contribution in [1.82, 2.24) is 19.1 Å². The zero-order valence-corrected chi connectivity index (χ0v) is 14.8. The largest absolute Gasteiger partial charge is 0.329 e. The third kappa shape index (κ3) is 3.03. The maximum Gasteiger partial charge on any atom is 0.329 e. The van der Waals surface area contributed by atoms with E-state index in [1.807, 2.05) is 29.7 Å². The molecule has 0 unspecified atom stereocenters. The molecule has 0 atom stereocenters. The predicted octanol–water partition coefficient (Wildman–Crippen LogP) is 2.28. The van der Waals surface area contributed by atoms with Gasteiger partial charge in [-0.3, -0.25) is 14.3 Å². The Bertz CT molecular complexity index is 1000. The van der Waals surface area contributed by atoms with Gasteiger partial charge in [0, 0.05) is 12.8 Å². The van der Waals surface area contributed by atoms with Crippen molar-refractivity contribution in [3.05, 3.63) is 56.2 Å². The van der Waals surface area contributed by atoms with E-state index in [0.717, 1.165) is 22.9 Å². The minimum atomic E-state index is -0.445. The fraction of sp³-hybridized carbons (Fsp3) is 0.353. The summed E-state index contributed by atoms with van der Waals surface area (Å²) in [6, 6.07) is 8.17. The SMILES string of the molecule is CCCSc1nc2c(c(=O)[nH]c(=O)n2C)n1Cc1cccc(C)c1. The Morgan fingerprint density at radius 1 is 1.29 bits per heavy atom. The summed E-state index contributed by atoms with van der Waals surface area (Å²) in [5.41, 5.74) is 2.30. The van der Waals surface area contributed by atoms with Crippen LogP contribution < -0.4 is 11.2 Å². The number of thioether (sulfide) groups is 1. The number of nitrogens with one attached hydrogen (secondary N) is 1. The highest BCUT2D eigenvalue weighted by Gasteiger charge is 2.17. The van der Waals surface area contributed by atoms with Crippen LogP contribution in [0.1, 0.15) is 24.5 Å². The van der Waals surface area contributed by atoms with Gasteiger partial charge >= 0.3 is 5.69 Å². The Kier molecular flexibility index (Phi) is 4.62. The first kappa shape index (κ1) is 16.6. The van der Waals surface area contributed by atoms with Crippen molar-refractivity contribution < 1.29 is 0 Å². The highest BCUT2D eigenvalue weighted by atomic mass is 32.2. The fourth-order valence-electron chi connectivity index (χ4n) is 2.66. The molecule has 0 aliphatic carbocycles. The van der Waals surface area contributed by atoms with E-state index in [1.165, 1.54) is 10.1 Å². The van der Waals surface area contributed by atoms with Crippen LogP contribution in [0.15, 0.2) is 39.0 Å². The summed E-state index contributed by atoms with van der Waals surface area (Å²) in [6.45, 7) is 4.69. The number of aromatic nitrogens is 4. The van der Waals surface area contributed by atoms with Crippen LogP contribution in [0, 0.1) is 6.92 Å². The average molecular weight is 344 g/mol. The third-order valence-electron chi connectivity index (χ3n) is 3.83. The van der Waals surface area contributed by atoms with Crippen molar-refractivity contribution in [2.24, 2.45) is 7.05 Å². The molecular weight excluding hydrogens is 324 g/mol. The summed E-state index contributed by atoms with van der Waals surface area (Å²) >= 11 is 1.60. The Hall–Kier alpha value is -2.28. The predicted molar refractivity (Wildman–Crippen MR) is 96.9 cm³/mol. The molecule has 126 valence electrons. The van der Waals surface area contributed by atoms with E-state index in [2.05, 4.69) is 23.0 Å². The molecule has 3 aromatic rings. The lowest BCUT2D eigenvalue weighted by molar-refractivity contribution is 0.727. The van der Waals surface area contributed by atoms with Crippen LogP contribution in [0.3, 0.4) is 0 Å². The van der Waals surface area contributed by atoms with Crippen molar-refractivity contribution in [3.63, 3.8) is 0 Å². The lowest BCUT2D eigenvalue weighted by atomic mass is 10.1. The van der Waals surface area contributed by atoms with Gasteiger partial charge in [-0.15, -0.1) is 0 Å². The number of imidazole rings is 1. The number of hydrogen-bond donors (Lipinski definition) is 1. The minimum Gasteiger partial charge on any atom is -0.309 e. The number of hydrogen-bond acceptors (Lipinski definition) is 4. The van der Waals surface area contributed by atoms with E-state index in [4.69, 9.17) is 0 Å². The number of H-pyrrole nitrogens is 1. The molecule has 0 fully saturated rings. The van der Waals surface area contributed by atoms with Gasteiger partial charge in [0.25, 0.3) is 5.56 Å². The fourth-order valence-corrected chi connectivity index (χ4v) is 3.51. The van der Waals surface area contributed by atoms with Crippen LogP contribution in [0.2, 0.25) is 0 Å². The van der Waals surface area contributed by atoms with E-state index in [0.29, 0.717) is 17.7 Å². The monoisotopic (exact) mass is 344 g/mol. The smallest absolute Gasteiger partial charge is 0.309 e. The van der Waals surface area contributed by atoms with Gasteiger partial charge in [-0.05, 0) is 18.9 Å². The lowest BCUT2D eigenvalue weighted by Crippen LogP contribution is -2.29. The highest BCUT2D eigenvalue weighted by Crippen LogP contribution is 2.23. The van der Waals surface area contributed by atoms with Gasteiger partial charge in [0.2, 0.25) is 0 Å². The van der Waals surface area contributed by atoms with E-state index in [-0.39, 0.29) is 0 Å². The molecule has 0 aliphatic rings. The van der Waals surface area contributed by atoms with Gasteiger partial charge in [0.15, 0.2) is 16.3 Å². The van der Waals surface area contributed by atoms with Crippen molar-refractivity contribution in [3.8, 4) is 0 Å². The molecule has 0 aliphatic heterocycles. The van der Waals surface area contributed by atoms with Crippen LogP contribution in [-0.4, -0.2) is 24.9 Å². The summed E-state index contributed by atoms with van der Waals surface area (Å²) in [7, 11) is 1.62. The highest BCUT2D eigenvalue weighted by molar-refractivity contribution is 7.99. The number of aromatic amines is 1. The minimum absolute atomic E-state index is 0.392. The topological polar surface area (TPSA) is 72.7 Å². The van der Waals surface area contributed by atoms with Crippen LogP contribution in [0.4, 0.5) is 0 Å². The molecule has 7 heteroatoms. The van der Waals surface area contributed by atoms with Gasteiger partial charge in [0.05, 0.1) is 6.54 Å². The molecule has 24 heavy (non-hydrogen) atoms. The molecule has 1 N–H and O–H groups in total. The number of nitrogens with zero attached hydrogens (tertiary/aromatic N) is 3. The average Bonchev–Trinajstić information content (AvgIpc) is 2.90. The van der Waals surface area contributed by atoms with Crippen LogP contribution in [-0.2, 0) is 13.6 Å². The molecule has 1 aromatic carbocycles. The van der Waals surface area contributed by atoms with Gasteiger partial charge in [-0.2, -0.15) is 0 Å². The Labute approximate surface area is 143 Å². The van der Waals surface area contributed by atoms with Gasteiger partial charge in [0.1, 0.15) is 0 Å². The van der Waals surface area contributed by atoms with Crippen LogP contribution in [0.5, 0.6) is 0 Å².